The fourth-order valence-electron chi connectivity index (χ4n) is 2.59. The number of benzene rings is 1. The van der Waals surface area contributed by atoms with Gasteiger partial charge in [0.15, 0.2) is 0 Å². The number of aliphatic hydroxyl groups excluding tert-OH is 1. The van der Waals surface area contributed by atoms with Crippen LogP contribution in [0.25, 0.3) is 0 Å². The van der Waals surface area contributed by atoms with E-state index in [4.69, 9.17) is 10.9 Å². The first-order chi connectivity index (χ1) is 9.27. The number of aliphatic hydroxyl groups is 1. The van der Waals surface area contributed by atoms with Crippen LogP contribution in [0.1, 0.15) is 31.2 Å². The Balaban J connectivity index is 2.26. The van der Waals surface area contributed by atoms with Crippen LogP contribution in [0.3, 0.4) is 0 Å². The van der Waals surface area contributed by atoms with Gasteiger partial charge < -0.3 is 16.2 Å². The van der Waals surface area contributed by atoms with Crippen LogP contribution >= 0.6 is 0 Å². The molecule has 1 fully saturated rings. The average molecular weight is 299 g/mol. The van der Waals surface area contributed by atoms with Gasteiger partial charge in [0.05, 0.1) is 11.0 Å². The number of anilines is 2. The SMILES string of the molecule is Cc1c(NC2CCC(O)CC2)cc(N)cc1S(N)(=O)=O. The lowest BCUT2D eigenvalue weighted by molar-refractivity contribution is 0.126. The minimum absolute atomic E-state index is 0.0517. The van der Waals surface area contributed by atoms with Gasteiger partial charge in [0.2, 0.25) is 10.0 Å². The van der Waals surface area contributed by atoms with Crippen molar-refractivity contribution < 1.29 is 13.5 Å². The Bertz CT molecular complexity index is 593. The van der Waals surface area contributed by atoms with E-state index in [1.165, 1.54) is 6.07 Å². The van der Waals surface area contributed by atoms with Crippen molar-refractivity contribution in [2.24, 2.45) is 5.14 Å². The van der Waals surface area contributed by atoms with Gasteiger partial charge in [-0.25, -0.2) is 13.6 Å². The third-order valence-corrected chi connectivity index (χ3v) is 4.78. The second kappa shape index (κ2) is 5.59. The minimum atomic E-state index is -3.79. The summed E-state index contributed by atoms with van der Waals surface area (Å²) in [6.07, 6.45) is 2.97. The van der Waals surface area contributed by atoms with Crippen LogP contribution in [0, 0.1) is 6.92 Å². The normalized spacial score (nSPS) is 23.6. The molecule has 0 amide bonds. The number of rotatable bonds is 3. The topological polar surface area (TPSA) is 118 Å². The highest BCUT2D eigenvalue weighted by Crippen LogP contribution is 2.29. The van der Waals surface area contributed by atoms with Crippen molar-refractivity contribution >= 4 is 21.4 Å². The van der Waals surface area contributed by atoms with E-state index in [2.05, 4.69) is 5.32 Å². The van der Waals surface area contributed by atoms with E-state index in [0.717, 1.165) is 25.7 Å². The van der Waals surface area contributed by atoms with Crippen molar-refractivity contribution in [3.63, 3.8) is 0 Å². The van der Waals surface area contributed by atoms with Crippen LogP contribution in [0.4, 0.5) is 11.4 Å². The first-order valence-corrected chi connectivity index (χ1v) is 8.19. The third-order valence-electron chi connectivity index (χ3n) is 3.75. The van der Waals surface area contributed by atoms with Crippen LogP contribution < -0.4 is 16.2 Å². The molecule has 1 aliphatic carbocycles. The van der Waals surface area contributed by atoms with E-state index >= 15 is 0 Å². The van der Waals surface area contributed by atoms with Gasteiger partial charge in [-0.1, -0.05) is 0 Å². The maximum atomic E-state index is 11.6. The highest BCUT2D eigenvalue weighted by atomic mass is 32.2. The molecule has 0 atom stereocenters. The fraction of sp³-hybridized carbons (Fsp3) is 0.538. The first kappa shape index (κ1) is 15.1. The van der Waals surface area contributed by atoms with E-state index in [1.54, 1.807) is 13.0 Å². The Labute approximate surface area is 119 Å². The monoisotopic (exact) mass is 299 g/mol. The summed E-state index contributed by atoms with van der Waals surface area (Å²) in [5.74, 6) is 0. The molecule has 20 heavy (non-hydrogen) atoms. The maximum Gasteiger partial charge on any atom is 0.238 e. The van der Waals surface area contributed by atoms with Crippen molar-refractivity contribution in [2.75, 3.05) is 11.1 Å². The second-order valence-corrected chi connectivity index (χ2v) is 6.92. The average Bonchev–Trinajstić information content (AvgIpc) is 2.35. The lowest BCUT2D eigenvalue weighted by Gasteiger charge is -2.28. The van der Waals surface area contributed by atoms with E-state index in [1.807, 2.05) is 0 Å². The van der Waals surface area contributed by atoms with E-state index in [0.29, 0.717) is 16.9 Å². The number of sulfonamides is 1. The zero-order valence-electron chi connectivity index (χ0n) is 11.5. The molecule has 0 aliphatic heterocycles. The number of hydrogen-bond donors (Lipinski definition) is 4. The zero-order valence-corrected chi connectivity index (χ0v) is 12.3. The molecule has 0 heterocycles. The lowest BCUT2D eigenvalue weighted by Crippen LogP contribution is -2.28. The van der Waals surface area contributed by atoms with Crippen molar-refractivity contribution in [3.8, 4) is 0 Å². The second-order valence-electron chi connectivity index (χ2n) is 5.39. The number of nitrogen functional groups attached to an aromatic ring is 1. The Morgan fingerprint density at radius 2 is 1.85 bits per heavy atom. The van der Waals surface area contributed by atoms with Crippen molar-refractivity contribution in [2.45, 2.75) is 49.6 Å². The predicted octanol–water partition coefficient (Wildman–Crippen LogP) is 0.940. The number of nitrogens with one attached hydrogen (secondary N) is 1. The molecule has 1 aromatic rings. The van der Waals surface area contributed by atoms with E-state index < -0.39 is 10.0 Å². The quantitative estimate of drug-likeness (QED) is 0.619. The molecule has 0 spiro atoms. The molecule has 0 bridgehead atoms. The molecule has 0 unspecified atom stereocenters. The van der Waals surface area contributed by atoms with Crippen molar-refractivity contribution in [1.29, 1.82) is 0 Å². The van der Waals surface area contributed by atoms with Gasteiger partial charge in [-0.3, -0.25) is 0 Å². The van der Waals surface area contributed by atoms with Crippen LogP contribution in [0.5, 0.6) is 0 Å². The van der Waals surface area contributed by atoms with Crippen molar-refractivity contribution in [1.82, 2.24) is 0 Å². The molecule has 0 saturated heterocycles. The molecule has 1 aliphatic rings. The molecule has 0 radical (unpaired) electrons. The Kier molecular flexibility index (Phi) is 4.22. The summed E-state index contributed by atoms with van der Waals surface area (Å²) in [6, 6.07) is 3.31. The van der Waals surface area contributed by atoms with Crippen LogP contribution in [0.15, 0.2) is 17.0 Å². The summed E-state index contributed by atoms with van der Waals surface area (Å²) >= 11 is 0. The fourth-order valence-corrected chi connectivity index (χ4v) is 3.43. The highest BCUT2D eigenvalue weighted by molar-refractivity contribution is 7.89. The molecular weight excluding hydrogens is 278 g/mol. The Morgan fingerprint density at radius 3 is 2.40 bits per heavy atom. The van der Waals surface area contributed by atoms with Crippen LogP contribution in [0.2, 0.25) is 0 Å². The lowest BCUT2D eigenvalue weighted by atomic mass is 9.93. The number of nitrogens with two attached hydrogens (primary N) is 2. The highest BCUT2D eigenvalue weighted by Gasteiger charge is 2.21. The van der Waals surface area contributed by atoms with Gasteiger partial charge >= 0.3 is 0 Å². The smallest absolute Gasteiger partial charge is 0.238 e. The molecule has 6 N–H and O–H groups in total. The largest absolute Gasteiger partial charge is 0.399 e. The summed E-state index contributed by atoms with van der Waals surface area (Å²) in [6.45, 7) is 1.71. The van der Waals surface area contributed by atoms with Gasteiger partial charge in [0, 0.05) is 17.4 Å². The van der Waals surface area contributed by atoms with Crippen LogP contribution in [-0.2, 0) is 10.0 Å². The van der Waals surface area contributed by atoms with Crippen molar-refractivity contribution in [3.05, 3.63) is 17.7 Å². The van der Waals surface area contributed by atoms with Crippen LogP contribution in [-0.4, -0.2) is 25.7 Å². The summed E-state index contributed by atoms with van der Waals surface area (Å²) in [5, 5.41) is 18.0. The molecule has 1 saturated carbocycles. The molecular formula is C13H21N3O3S. The summed E-state index contributed by atoms with van der Waals surface area (Å²) < 4.78 is 23.1. The van der Waals surface area contributed by atoms with Gasteiger partial charge in [-0.05, 0) is 50.3 Å². The molecule has 7 heteroatoms. The zero-order chi connectivity index (χ0) is 14.9. The molecule has 0 aromatic heterocycles. The predicted molar refractivity (Wildman–Crippen MR) is 78.9 cm³/mol. The Morgan fingerprint density at radius 1 is 1.25 bits per heavy atom. The molecule has 112 valence electrons. The molecule has 6 nitrogen and oxygen atoms in total. The summed E-state index contributed by atoms with van der Waals surface area (Å²) in [7, 11) is -3.79. The van der Waals surface area contributed by atoms with Gasteiger partial charge in [-0.2, -0.15) is 0 Å². The maximum absolute atomic E-state index is 11.6. The van der Waals surface area contributed by atoms with Gasteiger partial charge in [0.25, 0.3) is 0 Å². The summed E-state index contributed by atoms with van der Waals surface area (Å²) in [5.41, 5.74) is 7.38. The van der Waals surface area contributed by atoms with Gasteiger partial charge in [0.1, 0.15) is 0 Å². The first-order valence-electron chi connectivity index (χ1n) is 6.65. The number of hydrogen-bond acceptors (Lipinski definition) is 5. The summed E-state index contributed by atoms with van der Waals surface area (Å²) in [4.78, 5) is 0.0517. The number of primary sulfonamides is 1. The standard InChI is InChI=1S/C13H21N3O3S/c1-8-12(16-10-2-4-11(17)5-3-10)6-9(14)7-13(8)20(15,18)19/h6-7,10-11,16-17H,2-5,14H2,1H3,(H2,15,18,19). The van der Waals surface area contributed by atoms with E-state index in [9.17, 15) is 13.5 Å². The Hall–Kier alpha value is -1.31. The third kappa shape index (κ3) is 3.41. The minimum Gasteiger partial charge on any atom is -0.399 e. The molecule has 1 aromatic carbocycles. The van der Waals surface area contributed by atoms with Gasteiger partial charge in [-0.15, -0.1) is 0 Å². The van der Waals surface area contributed by atoms with E-state index in [-0.39, 0.29) is 17.0 Å². The molecule has 2 rings (SSSR count).